The first-order chi connectivity index (χ1) is 59.5. The molecule has 2 aliphatic rings. The highest BCUT2D eigenvalue weighted by Gasteiger charge is 2.24. The number of unbranched alkanes of at least 4 members (excludes halogenated alkanes) is 60. The smallest absolute Gasteiger partial charge is 0.407 e. The zero-order valence-corrected chi connectivity index (χ0v) is 77.8. The number of carboxylic acids is 1. The molecule has 0 aromatic heterocycles. The summed E-state index contributed by atoms with van der Waals surface area (Å²) in [6, 6.07) is 18.5. The Morgan fingerprint density at radius 2 is 0.669 bits per heavy atom. The van der Waals surface area contributed by atoms with Crippen LogP contribution < -0.4 is 36.1 Å². The number of amides is 4. The summed E-state index contributed by atoms with van der Waals surface area (Å²) in [7, 11) is 0. The number of benzene rings is 3. The van der Waals surface area contributed by atoms with Crippen molar-refractivity contribution in [2.75, 3.05) is 70.5 Å². The van der Waals surface area contributed by atoms with Gasteiger partial charge in [-0.1, -0.05) is 438 Å². The predicted octanol–water partition coefficient (Wildman–Crippen LogP) is 30.1. The molecule has 2 aromatic carbocycles. The SMILES string of the molecule is C=CN(CCOC(=O)NCCCCCCCCCCCCCCCCCC)c1ccc2c(-c3ccccc3C(=O)O)c3ccc(=[N+](CCOC(=O)NCCCCCCCCCCCCCCCCCC)CCOC(=O)NCCCCCCCCCCCCCCCCCC)cc-3oc2c1.CCCCCCCCCCCCCCCCCCNC(=O)O. The van der Waals surface area contributed by atoms with Crippen molar-refractivity contribution in [1.29, 1.82) is 0 Å². The molecule has 1 heterocycles. The summed E-state index contributed by atoms with van der Waals surface area (Å²) < 4.78 is 26.0. The number of aromatic carboxylic acids is 1. The van der Waals surface area contributed by atoms with E-state index in [0.29, 0.717) is 79.2 Å². The number of carboxylic acid groups (broad SMARTS) is 2. The summed E-state index contributed by atoms with van der Waals surface area (Å²) in [6.45, 7) is 16.7. The fourth-order valence-electron chi connectivity index (χ4n) is 16.5. The van der Waals surface area contributed by atoms with Gasteiger partial charge in [0.25, 0.3) is 0 Å². The number of carbonyl (C=O) groups is 5. The van der Waals surface area contributed by atoms with Crippen molar-refractivity contribution < 1.29 is 52.8 Å². The molecule has 690 valence electrons. The number of carbonyl (C=O) groups excluding carboxylic acids is 3. The Bertz CT molecular complexity index is 3150. The third kappa shape index (κ3) is 58.9. The molecule has 1 aliphatic carbocycles. The van der Waals surface area contributed by atoms with E-state index in [9.17, 15) is 29.1 Å². The number of anilines is 1. The van der Waals surface area contributed by atoms with E-state index in [0.717, 1.165) is 75.3 Å². The fourth-order valence-corrected chi connectivity index (χ4v) is 16.5. The molecule has 17 nitrogen and oxygen atoms in total. The van der Waals surface area contributed by atoms with Gasteiger partial charge in [-0.15, -0.1) is 0 Å². The molecule has 2 aromatic rings. The Labute approximate surface area is 737 Å². The summed E-state index contributed by atoms with van der Waals surface area (Å²) in [6.07, 6.45) is 83.0. The summed E-state index contributed by atoms with van der Waals surface area (Å²) in [5, 5.41) is 31.6. The largest absolute Gasteiger partial charge is 0.478 e. The Morgan fingerprint density at radius 3 is 0.983 bits per heavy atom. The van der Waals surface area contributed by atoms with Gasteiger partial charge in [-0.25, -0.2) is 28.5 Å². The first-order valence-electron chi connectivity index (χ1n) is 50.5. The Hall–Kier alpha value is -6.78. The summed E-state index contributed by atoms with van der Waals surface area (Å²) in [4.78, 5) is 63.9. The molecule has 4 amide bonds. The Balaban J connectivity index is 0.00000149. The van der Waals surface area contributed by atoms with Gasteiger partial charge in [0, 0.05) is 60.5 Å². The van der Waals surface area contributed by atoms with Gasteiger partial charge in [-0.3, -0.25) is 0 Å². The van der Waals surface area contributed by atoms with Crippen molar-refractivity contribution >= 4 is 47.0 Å². The Kier molecular flexibility index (Phi) is 70.9. The molecule has 1 aliphatic heterocycles. The molecular formula is C104H179N6O11+. The molecule has 0 fully saturated rings. The van der Waals surface area contributed by atoms with Crippen LogP contribution in [0.4, 0.5) is 24.9 Å². The van der Waals surface area contributed by atoms with Crippen LogP contribution in [-0.2, 0) is 14.2 Å². The minimum atomic E-state index is -1.05. The molecule has 0 saturated carbocycles. The second-order valence-corrected chi connectivity index (χ2v) is 34.7. The molecule has 17 heteroatoms. The van der Waals surface area contributed by atoms with Crippen LogP contribution in [0.25, 0.3) is 33.4 Å². The maximum absolute atomic E-state index is 13.1. The van der Waals surface area contributed by atoms with E-state index in [1.54, 1.807) is 18.3 Å². The average Bonchev–Trinajstić information content (AvgIpc) is 0.745. The number of rotatable bonds is 81. The summed E-state index contributed by atoms with van der Waals surface area (Å²) >= 11 is 0. The van der Waals surface area contributed by atoms with Gasteiger partial charge < -0.3 is 55.0 Å². The monoisotopic (exact) mass is 1690 g/mol. The molecule has 0 saturated heterocycles. The topological polar surface area (TPSA) is 221 Å². The van der Waals surface area contributed by atoms with Crippen LogP contribution in [0.3, 0.4) is 0 Å². The minimum absolute atomic E-state index is 0.0755. The number of alkyl carbamates (subject to hydrolysis) is 3. The van der Waals surface area contributed by atoms with Gasteiger partial charge in [0.2, 0.25) is 5.36 Å². The zero-order chi connectivity index (χ0) is 87.0. The van der Waals surface area contributed by atoms with E-state index < -0.39 is 30.3 Å². The number of hydrogen-bond acceptors (Lipinski definition) is 10. The minimum Gasteiger partial charge on any atom is -0.478 e. The second-order valence-electron chi connectivity index (χ2n) is 34.7. The Morgan fingerprint density at radius 1 is 0.364 bits per heavy atom. The molecule has 0 bridgehead atoms. The quantitative estimate of drug-likeness (QED) is 0.0105. The molecule has 0 unspecified atom stereocenters. The van der Waals surface area contributed by atoms with Crippen molar-refractivity contribution in [1.82, 2.24) is 25.8 Å². The van der Waals surface area contributed by atoms with Crippen LogP contribution in [-0.4, -0.2) is 106 Å². The van der Waals surface area contributed by atoms with Gasteiger partial charge in [0.15, 0.2) is 26.3 Å². The highest BCUT2D eigenvalue weighted by molar-refractivity contribution is 6.07. The average molecular weight is 1690 g/mol. The van der Waals surface area contributed by atoms with E-state index >= 15 is 0 Å². The zero-order valence-electron chi connectivity index (χ0n) is 77.8. The van der Waals surface area contributed by atoms with Gasteiger partial charge in [0.05, 0.1) is 18.2 Å². The molecule has 0 atom stereocenters. The highest BCUT2D eigenvalue weighted by Crippen LogP contribution is 2.42. The summed E-state index contributed by atoms with van der Waals surface area (Å²) in [5.74, 6) is -0.566. The normalized spacial score (nSPS) is 11.2. The number of ether oxygens (including phenoxy) is 3. The lowest BCUT2D eigenvalue weighted by Gasteiger charge is -2.22. The van der Waals surface area contributed by atoms with Crippen molar-refractivity contribution in [2.45, 2.75) is 439 Å². The molecule has 0 radical (unpaired) electrons. The number of hydrogen-bond donors (Lipinski definition) is 6. The van der Waals surface area contributed by atoms with E-state index in [4.69, 9.17) is 23.7 Å². The lowest BCUT2D eigenvalue weighted by atomic mass is 9.90. The van der Waals surface area contributed by atoms with Crippen LogP contribution >= 0.6 is 0 Å². The maximum Gasteiger partial charge on any atom is 0.407 e. The van der Waals surface area contributed by atoms with Crippen molar-refractivity contribution in [3.8, 4) is 22.5 Å². The molecular weight excluding hydrogens is 1510 g/mol. The van der Waals surface area contributed by atoms with Gasteiger partial charge >= 0.3 is 30.3 Å². The first-order valence-corrected chi connectivity index (χ1v) is 50.5. The number of nitrogens with one attached hydrogen (secondary N) is 4. The molecule has 4 rings (SSSR count). The second kappa shape index (κ2) is 79.1. The third-order valence-corrected chi connectivity index (χ3v) is 24.0. The van der Waals surface area contributed by atoms with Crippen LogP contribution in [0.5, 0.6) is 0 Å². The third-order valence-electron chi connectivity index (χ3n) is 24.0. The van der Waals surface area contributed by atoms with E-state index in [1.165, 1.54) is 347 Å². The van der Waals surface area contributed by atoms with Gasteiger partial charge in [-0.05, 0) is 61.7 Å². The fraction of sp³-hybridized carbons (Fsp3) is 0.750. The van der Waals surface area contributed by atoms with Crippen molar-refractivity contribution in [3.63, 3.8) is 0 Å². The molecule has 121 heavy (non-hydrogen) atoms. The van der Waals surface area contributed by atoms with Crippen molar-refractivity contribution in [2.24, 2.45) is 0 Å². The molecule has 0 spiro atoms. The standard InChI is InChI=1S/C85H139N5O9.C19H39NO2/c1-5-9-12-15-18-21-24-27-30-33-36-39-42-45-48-53-62-86-83(93)96-68-65-89(8-4)73-58-60-77-79(71-73)99-80-72-74(59-61-78(80)81(77)75-56-51-52-57-76(75)82(91)92)90(66-69-97-84(94)87-63-54-49-46-43-40-37-34-31-28-25-22-19-16-13-10-6-2)67-70-98-85(95)88-64-55-50-47-44-41-38-35-32-29-26-23-20-17-14-11-7-3;1-2-3-4-5-6-7-8-9-10-11-12-13-14-15-16-17-18-20-19(21)22/h8,51-52,56-61,71-72H,4-7,9-50,53-55,62-70H2,1-3H3,(H3-,86,87,88,91,92,93,94,95);20H,2-18H2,1H3,(H,21,22)/p+1. The van der Waals surface area contributed by atoms with Crippen LogP contribution in [0.2, 0.25) is 0 Å². The lowest BCUT2D eigenvalue weighted by molar-refractivity contribution is 0.0697. The van der Waals surface area contributed by atoms with E-state index in [-0.39, 0.29) is 25.4 Å². The van der Waals surface area contributed by atoms with Gasteiger partial charge in [0.1, 0.15) is 18.0 Å². The van der Waals surface area contributed by atoms with E-state index in [1.807, 2.05) is 58.0 Å². The van der Waals surface area contributed by atoms with Crippen molar-refractivity contribution in [3.05, 3.63) is 84.4 Å². The van der Waals surface area contributed by atoms with Crippen LogP contribution in [0.15, 0.2) is 77.9 Å². The number of fused-ring (bicyclic) bond motifs is 2. The predicted molar refractivity (Wildman–Crippen MR) is 510 cm³/mol. The maximum atomic E-state index is 13.1. The van der Waals surface area contributed by atoms with Gasteiger partial charge in [-0.2, -0.15) is 0 Å². The van der Waals surface area contributed by atoms with E-state index in [2.05, 4.69) is 55.5 Å². The first kappa shape index (κ1) is 108. The highest BCUT2D eigenvalue weighted by atomic mass is 16.6. The summed E-state index contributed by atoms with van der Waals surface area (Å²) in [5.41, 5.74) is 3.30. The van der Waals surface area contributed by atoms with Crippen LogP contribution in [0.1, 0.15) is 449 Å². The molecule has 6 N–H and O–H groups in total. The lowest BCUT2D eigenvalue weighted by Crippen LogP contribution is -2.38. The van der Waals surface area contributed by atoms with Crippen LogP contribution in [0, 0.1) is 0 Å². The number of nitrogens with zero attached hydrogens (tertiary/aromatic N) is 2.